The van der Waals surface area contributed by atoms with Gasteiger partial charge in [-0.3, -0.25) is 0 Å². The maximum absolute atomic E-state index is 10.4. The van der Waals surface area contributed by atoms with E-state index >= 15 is 0 Å². The number of aliphatic hydroxyl groups excluding tert-OH is 1. The Bertz CT molecular complexity index is 592. The largest absolute Gasteiger partial charge is 0.337 e. The Morgan fingerprint density at radius 2 is 1.24 bits per heavy atom. The van der Waals surface area contributed by atoms with Gasteiger partial charge in [0.15, 0.2) is 24.8 Å². The summed E-state index contributed by atoms with van der Waals surface area (Å²) in [6, 6.07) is 8.37. The first-order valence-corrected chi connectivity index (χ1v) is 9.85. The van der Waals surface area contributed by atoms with E-state index in [4.69, 9.17) is 0 Å². The molecule has 0 aliphatic heterocycles. The fraction of sp³-hybridized carbons (Fsp3) is 0.545. The van der Waals surface area contributed by atoms with Crippen molar-refractivity contribution in [3.8, 4) is 11.1 Å². The highest BCUT2D eigenvalue weighted by Crippen LogP contribution is 2.17. The number of pyridine rings is 2. The van der Waals surface area contributed by atoms with Crippen molar-refractivity contribution in [1.29, 1.82) is 0 Å². The zero-order valence-electron chi connectivity index (χ0n) is 15.9. The highest BCUT2D eigenvalue weighted by atomic mass is 16.3. The number of rotatable bonds is 11. The first kappa shape index (κ1) is 19.6. The van der Waals surface area contributed by atoms with E-state index in [9.17, 15) is 5.11 Å². The smallest absolute Gasteiger partial charge is 0.259 e. The topological polar surface area (TPSA) is 28.0 Å². The molecule has 0 radical (unpaired) electrons. The molecular formula is C22H34N2O+2. The van der Waals surface area contributed by atoms with Crippen LogP contribution in [0.2, 0.25) is 0 Å². The lowest BCUT2D eigenvalue weighted by Gasteiger charge is -2.07. The minimum Gasteiger partial charge on any atom is -0.337 e. The molecule has 3 nitrogen and oxygen atoms in total. The van der Waals surface area contributed by atoms with Crippen LogP contribution in [-0.2, 0) is 7.05 Å². The normalized spacial score (nSPS) is 12.3. The summed E-state index contributed by atoms with van der Waals surface area (Å²) in [4.78, 5) is 0. The number of aryl methyl sites for hydroxylation is 1. The van der Waals surface area contributed by atoms with E-state index in [2.05, 4.69) is 31.2 Å². The number of unbranched alkanes of at least 4 members (excludes halogenated alkanes) is 7. The third-order valence-corrected chi connectivity index (χ3v) is 4.82. The molecule has 2 rings (SSSR count). The van der Waals surface area contributed by atoms with Crippen molar-refractivity contribution < 1.29 is 14.2 Å². The Hall–Kier alpha value is -1.74. The maximum atomic E-state index is 10.4. The molecule has 3 heteroatoms. The van der Waals surface area contributed by atoms with Gasteiger partial charge in [-0.2, -0.15) is 4.57 Å². The monoisotopic (exact) mass is 342 g/mol. The van der Waals surface area contributed by atoms with Crippen molar-refractivity contribution in [1.82, 2.24) is 0 Å². The summed E-state index contributed by atoms with van der Waals surface area (Å²) in [7, 11) is 2.02. The van der Waals surface area contributed by atoms with Gasteiger partial charge in [-0.1, -0.05) is 51.9 Å². The molecule has 136 valence electrons. The Kier molecular flexibility index (Phi) is 8.61. The van der Waals surface area contributed by atoms with E-state index in [1.807, 2.05) is 41.0 Å². The van der Waals surface area contributed by atoms with Crippen LogP contribution in [0.25, 0.3) is 11.1 Å². The second kappa shape index (κ2) is 11.0. The lowest BCUT2D eigenvalue weighted by Crippen LogP contribution is -2.38. The van der Waals surface area contributed by atoms with Crippen molar-refractivity contribution in [2.45, 2.75) is 70.9 Å². The van der Waals surface area contributed by atoms with Crippen molar-refractivity contribution in [2.75, 3.05) is 0 Å². The molecule has 2 heterocycles. The second-order valence-electron chi connectivity index (χ2n) is 7.03. The summed E-state index contributed by atoms with van der Waals surface area (Å²) in [5.74, 6) is 0. The summed E-state index contributed by atoms with van der Waals surface area (Å²) < 4.78 is 3.94. The van der Waals surface area contributed by atoms with E-state index in [1.54, 1.807) is 0 Å². The molecule has 1 atom stereocenters. The quantitative estimate of drug-likeness (QED) is 0.473. The van der Waals surface area contributed by atoms with Crippen LogP contribution in [0.15, 0.2) is 49.1 Å². The molecule has 25 heavy (non-hydrogen) atoms. The highest BCUT2D eigenvalue weighted by molar-refractivity contribution is 5.60. The average molecular weight is 343 g/mol. The van der Waals surface area contributed by atoms with Crippen LogP contribution < -0.4 is 9.13 Å². The lowest BCUT2D eigenvalue weighted by atomic mass is 10.1. The lowest BCUT2D eigenvalue weighted by molar-refractivity contribution is -0.760. The van der Waals surface area contributed by atoms with E-state index in [1.165, 1.54) is 56.1 Å². The van der Waals surface area contributed by atoms with Crippen molar-refractivity contribution in [3.63, 3.8) is 0 Å². The molecule has 0 amide bonds. The molecule has 0 aliphatic rings. The van der Waals surface area contributed by atoms with Gasteiger partial charge in [0.25, 0.3) is 6.23 Å². The fourth-order valence-electron chi connectivity index (χ4n) is 3.13. The summed E-state index contributed by atoms with van der Waals surface area (Å²) in [5.41, 5.74) is 2.37. The summed E-state index contributed by atoms with van der Waals surface area (Å²) in [6.07, 6.45) is 18.9. The molecule has 0 saturated heterocycles. The molecule has 1 unspecified atom stereocenters. The number of nitrogens with zero attached hydrogens (tertiary/aromatic N) is 2. The fourth-order valence-corrected chi connectivity index (χ4v) is 3.13. The highest BCUT2D eigenvalue weighted by Gasteiger charge is 2.14. The Labute approximate surface area is 153 Å². The number of hydrogen-bond acceptors (Lipinski definition) is 1. The molecule has 0 aliphatic carbocycles. The summed E-state index contributed by atoms with van der Waals surface area (Å²) in [6.45, 7) is 2.26. The van der Waals surface area contributed by atoms with E-state index in [0.29, 0.717) is 0 Å². The van der Waals surface area contributed by atoms with Gasteiger partial charge in [-0.05, 0) is 17.5 Å². The van der Waals surface area contributed by atoms with Crippen molar-refractivity contribution in [3.05, 3.63) is 49.1 Å². The third-order valence-electron chi connectivity index (χ3n) is 4.82. The van der Waals surface area contributed by atoms with E-state index < -0.39 is 6.23 Å². The second-order valence-corrected chi connectivity index (χ2v) is 7.03. The zero-order chi connectivity index (χ0) is 17.9. The molecule has 0 aromatic carbocycles. The first-order chi connectivity index (χ1) is 12.2. The van der Waals surface area contributed by atoms with Crippen molar-refractivity contribution >= 4 is 0 Å². The van der Waals surface area contributed by atoms with Gasteiger partial charge >= 0.3 is 0 Å². The van der Waals surface area contributed by atoms with Gasteiger partial charge in [-0.15, -0.1) is 0 Å². The van der Waals surface area contributed by atoms with Gasteiger partial charge in [0.2, 0.25) is 0 Å². The standard InChI is InChI=1S/C22H34N2O/c1-3-4-5-6-7-8-9-10-11-22(25)24-18-14-21(15-19-24)20-12-16-23(2)17-13-20/h12-19,22,25H,3-11H2,1-2H3/q+2. The minimum absolute atomic E-state index is 0.414. The van der Waals surface area contributed by atoms with Crippen LogP contribution in [0.5, 0.6) is 0 Å². The van der Waals surface area contributed by atoms with Gasteiger partial charge < -0.3 is 5.11 Å². The summed E-state index contributed by atoms with van der Waals surface area (Å²) >= 11 is 0. The molecule has 1 N–H and O–H groups in total. The van der Waals surface area contributed by atoms with Crippen LogP contribution in [0.1, 0.15) is 70.9 Å². The molecule has 0 spiro atoms. The Morgan fingerprint density at radius 1 is 0.760 bits per heavy atom. The number of hydrogen-bond donors (Lipinski definition) is 1. The predicted molar refractivity (Wildman–Crippen MR) is 102 cm³/mol. The predicted octanol–water partition coefficient (Wildman–Crippen LogP) is 4.49. The number of aromatic nitrogens is 2. The first-order valence-electron chi connectivity index (χ1n) is 9.85. The zero-order valence-corrected chi connectivity index (χ0v) is 15.9. The number of aliphatic hydroxyl groups is 1. The molecule has 0 bridgehead atoms. The molecule has 2 aromatic heterocycles. The van der Waals surface area contributed by atoms with Crippen LogP contribution >= 0.6 is 0 Å². The molecular weight excluding hydrogens is 308 g/mol. The van der Waals surface area contributed by atoms with Crippen LogP contribution in [0.3, 0.4) is 0 Å². The van der Waals surface area contributed by atoms with Crippen LogP contribution in [0.4, 0.5) is 0 Å². The van der Waals surface area contributed by atoms with Crippen LogP contribution in [0, 0.1) is 0 Å². The average Bonchev–Trinajstić information content (AvgIpc) is 2.64. The molecule has 2 aromatic rings. The Balaban J connectivity index is 1.71. The van der Waals surface area contributed by atoms with E-state index in [0.717, 1.165) is 12.8 Å². The van der Waals surface area contributed by atoms with Gasteiger partial charge in [0.05, 0.1) is 0 Å². The van der Waals surface area contributed by atoms with Crippen molar-refractivity contribution in [2.24, 2.45) is 7.05 Å². The maximum Gasteiger partial charge on any atom is 0.259 e. The Morgan fingerprint density at radius 3 is 1.80 bits per heavy atom. The molecule has 0 fully saturated rings. The molecule has 0 saturated carbocycles. The van der Waals surface area contributed by atoms with Gasteiger partial charge in [0.1, 0.15) is 7.05 Å². The SMILES string of the molecule is CCCCCCCCCCC(O)[n+]1ccc(-c2cc[n+](C)cc2)cc1. The summed E-state index contributed by atoms with van der Waals surface area (Å²) in [5, 5.41) is 10.4. The van der Waals surface area contributed by atoms with Crippen LogP contribution in [-0.4, -0.2) is 5.11 Å². The minimum atomic E-state index is -0.414. The van der Waals surface area contributed by atoms with E-state index in [-0.39, 0.29) is 0 Å². The van der Waals surface area contributed by atoms with Gasteiger partial charge in [-0.25, -0.2) is 4.57 Å². The van der Waals surface area contributed by atoms with Gasteiger partial charge in [0, 0.05) is 30.7 Å². The third kappa shape index (κ3) is 6.95.